The van der Waals surface area contributed by atoms with E-state index in [2.05, 4.69) is 41.5 Å². The fourth-order valence-corrected chi connectivity index (χ4v) is 1.59. The van der Waals surface area contributed by atoms with Crippen molar-refractivity contribution in [1.82, 2.24) is 15.6 Å². The van der Waals surface area contributed by atoms with E-state index < -0.39 is 0 Å². The van der Waals surface area contributed by atoms with E-state index in [0.29, 0.717) is 18.0 Å². The molecule has 0 amide bonds. The van der Waals surface area contributed by atoms with Crippen molar-refractivity contribution in [2.75, 3.05) is 20.1 Å². The van der Waals surface area contributed by atoms with E-state index in [1.165, 1.54) is 0 Å². The molecule has 0 aromatic rings. The molecular formula is C9H21N5. The van der Waals surface area contributed by atoms with Crippen LogP contribution in [0.4, 0.5) is 0 Å². The monoisotopic (exact) mass is 199 g/mol. The van der Waals surface area contributed by atoms with Crippen LogP contribution in [0.25, 0.3) is 0 Å². The second-order valence-corrected chi connectivity index (χ2v) is 4.13. The van der Waals surface area contributed by atoms with E-state index in [0.717, 1.165) is 19.5 Å². The lowest BCUT2D eigenvalue weighted by atomic mass is 10.3. The molecule has 1 saturated heterocycles. The van der Waals surface area contributed by atoms with Crippen LogP contribution in [0.2, 0.25) is 0 Å². The summed E-state index contributed by atoms with van der Waals surface area (Å²) in [7, 11) is 2.11. The number of likely N-dealkylation sites (tertiary alicyclic amines) is 1. The van der Waals surface area contributed by atoms with Gasteiger partial charge in [0.2, 0.25) is 5.96 Å². The Bertz CT molecular complexity index is 201. The SMILES string of the molecule is CC(C)NC(=NC1CCN(C)C1)NN. The van der Waals surface area contributed by atoms with Crippen molar-refractivity contribution in [1.29, 1.82) is 0 Å². The Kier molecular flexibility index (Phi) is 4.16. The molecule has 0 radical (unpaired) electrons. The van der Waals surface area contributed by atoms with Gasteiger partial charge in [0.1, 0.15) is 0 Å². The second kappa shape index (κ2) is 5.17. The first-order valence-corrected chi connectivity index (χ1v) is 5.11. The summed E-state index contributed by atoms with van der Waals surface area (Å²) >= 11 is 0. The first-order chi connectivity index (χ1) is 6.61. The number of rotatable bonds is 2. The average molecular weight is 199 g/mol. The highest BCUT2D eigenvalue weighted by molar-refractivity contribution is 5.79. The molecule has 0 aliphatic carbocycles. The molecule has 0 aromatic heterocycles. The van der Waals surface area contributed by atoms with E-state index in [1.54, 1.807) is 0 Å². The lowest BCUT2D eigenvalue weighted by molar-refractivity contribution is 0.411. The Labute approximate surface area is 85.7 Å². The number of hydrogen-bond donors (Lipinski definition) is 3. The molecule has 14 heavy (non-hydrogen) atoms. The maximum absolute atomic E-state index is 5.38. The van der Waals surface area contributed by atoms with Crippen LogP contribution in [0.1, 0.15) is 20.3 Å². The van der Waals surface area contributed by atoms with Crippen LogP contribution in [0.3, 0.4) is 0 Å². The molecule has 0 saturated carbocycles. The van der Waals surface area contributed by atoms with Crippen LogP contribution in [-0.4, -0.2) is 43.1 Å². The Morgan fingerprint density at radius 1 is 1.57 bits per heavy atom. The molecule has 82 valence electrons. The van der Waals surface area contributed by atoms with Crippen LogP contribution in [0, 0.1) is 0 Å². The summed E-state index contributed by atoms with van der Waals surface area (Å²) in [5.41, 5.74) is 2.60. The van der Waals surface area contributed by atoms with E-state index in [9.17, 15) is 0 Å². The van der Waals surface area contributed by atoms with Crippen LogP contribution in [-0.2, 0) is 0 Å². The summed E-state index contributed by atoms with van der Waals surface area (Å²) in [5, 5.41) is 3.17. The summed E-state index contributed by atoms with van der Waals surface area (Å²) in [6.45, 7) is 6.26. The molecule has 0 bridgehead atoms. The Balaban J connectivity index is 2.46. The predicted molar refractivity (Wildman–Crippen MR) is 58.9 cm³/mol. The first kappa shape index (κ1) is 11.3. The number of hydrazine groups is 1. The number of nitrogens with two attached hydrogens (primary N) is 1. The standard InChI is InChI=1S/C9H21N5/c1-7(2)11-9(13-10)12-8-4-5-14(3)6-8/h7-8H,4-6,10H2,1-3H3,(H2,11,12,13). The highest BCUT2D eigenvalue weighted by Gasteiger charge is 2.19. The molecule has 1 heterocycles. The normalized spacial score (nSPS) is 24.4. The smallest absolute Gasteiger partial charge is 0.206 e. The average Bonchev–Trinajstić information content (AvgIpc) is 2.49. The summed E-state index contributed by atoms with van der Waals surface area (Å²) in [4.78, 5) is 6.79. The van der Waals surface area contributed by atoms with Gasteiger partial charge < -0.3 is 10.2 Å². The largest absolute Gasteiger partial charge is 0.353 e. The van der Waals surface area contributed by atoms with E-state index in [4.69, 9.17) is 5.84 Å². The maximum atomic E-state index is 5.38. The fraction of sp³-hybridized carbons (Fsp3) is 0.889. The molecule has 0 spiro atoms. The molecule has 1 rings (SSSR count). The minimum Gasteiger partial charge on any atom is -0.353 e. The predicted octanol–water partition coefficient (Wildman–Crippen LogP) is -0.492. The Hall–Kier alpha value is -0.810. The third kappa shape index (κ3) is 3.51. The van der Waals surface area contributed by atoms with Gasteiger partial charge in [0.25, 0.3) is 0 Å². The highest BCUT2D eigenvalue weighted by Crippen LogP contribution is 2.09. The second-order valence-electron chi connectivity index (χ2n) is 4.13. The van der Waals surface area contributed by atoms with Gasteiger partial charge in [0.15, 0.2) is 0 Å². The molecular weight excluding hydrogens is 178 g/mol. The third-order valence-corrected chi connectivity index (χ3v) is 2.24. The van der Waals surface area contributed by atoms with Crippen molar-refractivity contribution in [3.63, 3.8) is 0 Å². The molecule has 1 unspecified atom stereocenters. The molecule has 4 N–H and O–H groups in total. The van der Waals surface area contributed by atoms with Crippen LogP contribution in [0.5, 0.6) is 0 Å². The van der Waals surface area contributed by atoms with Gasteiger partial charge in [-0.15, -0.1) is 0 Å². The number of guanidine groups is 1. The molecule has 1 aliphatic rings. The van der Waals surface area contributed by atoms with Crippen molar-refractivity contribution in [3.8, 4) is 0 Å². The number of nitrogens with zero attached hydrogens (tertiary/aromatic N) is 2. The molecule has 5 heteroatoms. The molecule has 0 aromatic carbocycles. The van der Waals surface area contributed by atoms with Crippen molar-refractivity contribution >= 4 is 5.96 Å². The summed E-state index contributed by atoms with van der Waals surface area (Å²) in [5.74, 6) is 6.07. The molecule has 1 fully saturated rings. The maximum Gasteiger partial charge on any atom is 0.206 e. The van der Waals surface area contributed by atoms with Gasteiger partial charge in [-0.1, -0.05) is 0 Å². The number of nitrogens with one attached hydrogen (secondary N) is 2. The Morgan fingerprint density at radius 3 is 2.71 bits per heavy atom. The van der Waals surface area contributed by atoms with Crippen LogP contribution < -0.4 is 16.6 Å². The quantitative estimate of drug-likeness (QED) is 0.243. The highest BCUT2D eigenvalue weighted by atomic mass is 15.3. The van der Waals surface area contributed by atoms with Gasteiger partial charge in [-0.2, -0.15) is 0 Å². The zero-order valence-electron chi connectivity index (χ0n) is 9.25. The topological polar surface area (TPSA) is 65.7 Å². The van der Waals surface area contributed by atoms with E-state index >= 15 is 0 Å². The summed E-state index contributed by atoms with van der Waals surface area (Å²) in [6.07, 6.45) is 1.11. The lowest BCUT2D eigenvalue weighted by Crippen LogP contribution is -2.45. The summed E-state index contributed by atoms with van der Waals surface area (Å²) < 4.78 is 0. The van der Waals surface area contributed by atoms with Crippen molar-refractivity contribution in [2.24, 2.45) is 10.8 Å². The van der Waals surface area contributed by atoms with Gasteiger partial charge >= 0.3 is 0 Å². The number of likely N-dealkylation sites (N-methyl/N-ethyl adjacent to an activating group) is 1. The molecule has 5 nitrogen and oxygen atoms in total. The van der Waals surface area contributed by atoms with Crippen LogP contribution in [0.15, 0.2) is 4.99 Å². The molecule has 1 atom stereocenters. The van der Waals surface area contributed by atoms with Crippen molar-refractivity contribution in [2.45, 2.75) is 32.4 Å². The fourth-order valence-electron chi connectivity index (χ4n) is 1.59. The number of aliphatic imine (C=N–C) groups is 1. The van der Waals surface area contributed by atoms with Crippen molar-refractivity contribution in [3.05, 3.63) is 0 Å². The van der Waals surface area contributed by atoms with Gasteiger partial charge in [-0.25, -0.2) is 10.8 Å². The summed E-state index contributed by atoms with van der Waals surface area (Å²) in [6, 6.07) is 0.723. The molecule has 1 aliphatic heterocycles. The van der Waals surface area contributed by atoms with Gasteiger partial charge in [-0.3, -0.25) is 5.43 Å². The van der Waals surface area contributed by atoms with Crippen molar-refractivity contribution < 1.29 is 0 Å². The zero-order chi connectivity index (χ0) is 10.6. The first-order valence-electron chi connectivity index (χ1n) is 5.11. The van der Waals surface area contributed by atoms with E-state index in [1.807, 2.05) is 0 Å². The van der Waals surface area contributed by atoms with Gasteiger partial charge in [0.05, 0.1) is 6.04 Å². The zero-order valence-corrected chi connectivity index (χ0v) is 9.25. The van der Waals surface area contributed by atoms with Crippen LogP contribution >= 0.6 is 0 Å². The minimum atomic E-state index is 0.351. The van der Waals surface area contributed by atoms with E-state index in [-0.39, 0.29) is 0 Å². The Morgan fingerprint density at radius 2 is 2.29 bits per heavy atom. The third-order valence-electron chi connectivity index (χ3n) is 2.24. The van der Waals surface area contributed by atoms with Gasteiger partial charge in [0, 0.05) is 12.6 Å². The van der Waals surface area contributed by atoms with Gasteiger partial charge in [-0.05, 0) is 33.9 Å². The minimum absolute atomic E-state index is 0.351. The lowest BCUT2D eigenvalue weighted by Gasteiger charge is -2.14. The number of hydrogen-bond acceptors (Lipinski definition) is 3.